The highest BCUT2D eigenvalue weighted by atomic mass is 16.4. The summed E-state index contributed by atoms with van der Waals surface area (Å²) in [5.74, 6) is -0.516. The molecule has 34 heavy (non-hydrogen) atoms. The molecular weight excluding hydrogens is 428 g/mol. The Labute approximate surface area is 202 Å². The molecule has 1 fully saturated rings. The lowest BCUT2D eigenvalue weighted by Gasteiger charge is -2.38. The van der Waals surface area contributed by atoms with Gasteiger partial charge in [-0.05, 0) is 75.6 Å². The summed E-state index contributed by atoms with van der Waals surface area (Å²) in [5.41, 5.74) is 1.14. The van der Waals surface area contributed by atoms with Crippen molar-refractivity contribution in [3.8, 4) is 0 Å². The van der Waals surface area contributed by atoms with Crippen molar-refractivity contribution < 1.29 is 19.5 Å². The minimum atomic E-state index is -1.10. The van der Waals surface area contributed by atoms with Crippen LogP contribution in [0.2, 0.25) is 0 Å². The molecule has 0 heterocycles. The highest BCUT2D eigenvalue weighted by Crippen LogP contribution is 2.35. The summed E-state index contributed by atoms with van der Waals surface area (Å²) in [6.07, 6.45) is 3.62. The molecule has 182 valence electrons. The quantitative estimate of drug-likeness (QED) is 0.569. The molecule has 2 aromatic carbocycles. The minimum Gasteiger partial charge on any atom is -0.480 e. The van der Waals surface area contributed by atoms with Crippen molar-refractivity contribution in [2.45, 2.75) is 65.5 Å². The fourth-order valence-corrected chi connectivity index (χ4v) is 4.91. The molecule has 3 rings (SSSR count). The fourth-order valence-electron chi connectivity index (χ4n) is 4.91. The van der Waals surface area contributed by atoms with Gasteiger partial charge in [-0.3, -0.25) is 19.4 Å². The van der Waals surface area contributed by atoms with Crippen LogP contribution in [0.3, 0.4) is 0 Å². The monoisotopic (exact) mass is 464 g/mol. The molecule has 1 N–H and O–H groups in total. The molecule has 0 aromatic heterocycles. The second-order valence-electron chi connectivity index (χ2n) is 9.63. The van der Waals surface area contributed by atoms with Crippen molar-refractivity contribution in [1.82, 2.24) is 0 Å². The number of anilines is 2. The Morgan fingerprint density at radius 2 is 1.21 bits per heavy atom. The van der Waals surface area contributed by atoms with E-state index in [0.29, 0.717) is 23.2 Å². The first-order valence-electron chi connectivity index (χ1n) is 12.2. The summed E-state index contributed by atoms with van der Waals surface area (Å²) in [6, 6.07) is 16.1. The Kier molecular flexibility index (Phi) is 8.48. The summed E-state index contributed by atoms with van der Waals surface area (Å²) in [6.45, 7) is 7.64. The van der Waals surface area contributed by atoms with E-state index < -0.39 is 24.0 Å². The minimum absolute atomic E-state index is 0.0646. The van der Waals surface area contributed by atoms with E-state index in [-0.39, 0.29) is 11.8 Å². The van der Waals surface area contributed by atoms with Crippen LogP contribution in [0.5, 0.6) is 0 Å². The van der Waals surface area contributed by atoms with Crippen molar-refractivity contribution in [2.24, 2.45) is 17.8 Å². The van der Waals surface area contributed by atoms with Crippen molar-refractivity contribution in [1.29, 1.82) is 0 Å². The number of aliphatic carboxylic acids is 1. The Balaban J connectivity index is 1.93. The van der Waals surface area contributed by atoms with E-state index >= 15 is 0 Å². The highest BCUT2D eigenvalue weighted by molar-refractivity contribution is 6.08. The molecule has 1 saturated carbocycles. The number of carbonyl (C=O) groups is 3. The van der Waals surface area contributed by atoms with Crippen LogP contribution in [-0.4, -0.2) is 35.0 Å². The van der Waals surface area contributed by atoms with Crippen molar-refractivity contribution in [3.63, 3.8) is 0 Å². The molecule has 1 aliphatic rings. The van der Waals surface area contributed by atoms with Crippen LogP contribution in [0, 0.1) is 17.8 Å². The van der Waals surface area contributed by atoms with E-state index in [4.69, 9.17) is 0 Å². The van der Waals surface area contributed by atoms with Gasteiger partial charge in [0.2, 0.25) is 5.91 Å². The lowest BCUT2D eigenvalue weighted by atomic mass is 9.76. The zero-order chi connectivity index (χ0) is 24.8. The van der Waals surface area contributed by atoms with Gasteiger partial charge in [0.25, 0.3) is 5.91 Å². The third-order valence-electron chi connectivity index (χ3n) is 7.10. The zero-order valence-corrected chi connectivity index (χ0v) is 20.6. The number of hydrogen-bond donors (Lipinski definition) is 1. The molecule has 0 saturated heterocycles. The second-order valence-corrected chi connectivity index (χ2v) is 9.63. The molecule has 0 bridgehead atoms. The number of para-hydroxylation sites is 2. The van der Waals surface area contributed by atoms with E-state index in [9.17, 15) is 19.5 Å². The summed E-state index contributed by atoms with van der Waals surface area (Å²) in [7, 11) is 0. The van der Waals surface area contributed by atoms with Gasteiger partial charge in [-0.15, -0.1) is 0 Å². The van der Waals surface area contributed by atoms with Crippen LogP contribution in [-0.2, 0) is 14.4 Å². The third-order valence-corrected chi connectivity index (χ3v) is 7.10. The van der Waals surface area contributed by atoms with Gasteiger partial charge in [0.15, 0.2) is 0 Å². The average molecular weight is 465 g/mol. The lowest BCUT2D eigenvalue weighted by molar-refractivity contribution is -0.139. The van der Waals surface area contributed by atoms with Gasteiger partial charge >= 0.3 is 5.97 Å². The van der Waals surface area contributed by atoms with Gasteiger partial charge in [0.05, 0.1) is 0 Å². The smallest absolute Gasteiger partial charge is 0.326 e. The number of nitrogens with zero attached hydrogens (tertiary/aromatic N) is 2. The maximum atomic E-state index is 13.8. The topological polar surface area (TPSA) is 77.9 Å². The molecular formula is C28H36N2O4. The second kappa shape index (κ2) is 11.3. The van der Waals surface area contributed by atoms with Gasteiger partial charge in [-0.25, -0.2) is 4.79 Å². The first-order chi connectivity index (χ1) is 16.2. The fraction of sp³-hybridized carbons (Fsp3) is 0.464. The number of carbonyl (C=O) groups excluding carboxylic acids is 2. The first-order valence-corrected chi connectivity index (χ1v) is 12.2. The first kappa shape index (κ1) is 25.5. The lowest BCUT2D eigenvalue weighted by Crippen LogP contribution is -2.55. The molecule has 2 amide bonds. The molecule has 6 heteroatoms. The zero-order valence-electron chi connectivity index (χ0n) is 20.6. The number of rotatable bonds is 8. The average Bonchev–Trinajstić information content (AvgIpc) is 2.85. The number of carboxylic acids is 1. The summed E-state index contributed by atoms with van der Waals surface area (Å²) >= 11 is 0. The van der Waals surface area contributed by atoms with E-state index in [1.165, 1.54) is 11.8 Å². The van der Waals surface area contributed by atoms with Crippen LogP contribution in [0.25, 0.3) is 0 Å². The van der Waals surface area contributed by atoms with Gasteiger partial charge in [0.1, 0.15) is 12.1 Å². The van der Waals surface area contributed by atoms with Gasteiger partial charge in [0, 0.05) is 17.3 Å². The number of amides is 2. The molecule has 2 atom stereocenters. The maximum Gasteiger partial charge on any atom is 0.326 e. The van der Waals surface area contributed by atoms with E-state index in [0.717, 1.165) is 25.7 Å². The number of benzene rings is 2. The Morgan fingerprint density at radius 1 is 0.735 bits per heavy atom. The number of hydrogen-bond acceptors (Lipinski definition) is 3. The molecule has 0 aliphatic heterocycles. The van der Waals surface area contributed by atoms with Crippen LogP contribution in [0.4, 0.5) is 11.4 Å². The van der Waals surface area contributed by atoms with Crippen molar-refractivity contribution >= 4 is 29.2 Å². The van der Waals surface area contributed by atoms with E-state index in [1.54, 1.807) is 36.1 Å². The van der Waals surface area contributed by atoms with Crippen LogP contribution in [0.1, 0.15) is 53.4 Å². The van der Waals surface area contributed by atoms with E-state index in [1.807, 2.05) is 36.4 Å². The summed E-state index contributed by atoms with van der Waals surface area (Å²) < 4.78 is 0. The molecule has 1 aliphatic carbocycles. The molecule has 2 unspecified atom stereocenters. The summed E-state index contributed by atoms with van der Waals surface area (Å²) in [5, 5.41) is 9.71. The Morgan fingerprint density at radius 3 is 1.65 bits per heavy atom. The molecule has 6 nitrogen and oxygen atoms in total. The molecule has 2 aromatic rings. The Hall–Kier alpha value is -3.15. The predicted molar refractivity (Wildman–Crippen MR) is 135 cm³/mol. The number of carboxylic acid groups (broad SMARTS) is 1. The van der Waals surface area contributed by atoms with Crippen molar-refractivity contribution in [3.05, 3.63) is 60.7 Å². The molecule has 0 spiro atoms. The maximum absolute atomic E-state index is 13.8. The van der Waals surface area contributed by atoms with E-state index in [2.05, 4.69) is 13.8 Å². The predicted octanol–water partition coefficient (Wildman–Crippen LogP) is 5.38. The normalized spacial score (nSPS) is 19.8. The van der Waals surface area contributed by atoms with Crippen molar-refractivity contribution in [2.75, 3.05) is 9.80 Å². The summed E-state index contributed by atoms with van der Waals surface area (Å²) in [4.78, 5) is 42.4. The highest BCUT2D eigenvalue weighted by Gasteiger charge is 2.38. The largest absolute Gasteiger partial charge is 0.480 e. The van der Waals surface area contributed by atoms with Gasteiger partial charge in [-0.1, -0.05) is 50.2 Å². The van der Waals surface area contributed by atoms with Gasteiger partial charge in [-0.2, -0.15) is 0 Å². The van der Waals surface area contributed by atoms with Crippen LogP contribution in [0.15, 0.2) is 60.7 Å². The SMILES string of the molecule is CC(C(=O)O)N(C(=O)C(C)N(c1ccccc1)C(=O)[C@H]1CC[C@H](C(C)C)CC1)c1ccccc1. The van der Waals surface area contributed by atoms with Crippen LogP contribution >= 0.6 is 0 Å². The van der Waals surface area contributed by atoms with Gasteiger partial charge < -0.3 is 5.11 Å². The molecule has 0 radical (unpaired) electrons. The van der Waals surface area contributed by atoms with Crippen LogP contribution < -0.4 is 9.80 Å². The standard InChI is InChI=1S/C28H36N2O4/c1-19(2)22-15-17-23(18-16-22)27(32)29(24-11-7-5-8-12-24)20(3)26(31)30(21(4)28(33)34)25-13-9-6-10-14-25/h5-14,19-23H,15-18H2,1-4H3,(H,33,34)/t20?,21?,22-,23-. The third kappa shape index (κ3) is 5.66. The Bertz CT molecular complexity index is 968.